The highest BCUT2D eigenvalue weighted by Crippen LogP contribution is 2.37. The Morgan fingerprint density at radius 1 is 1.28 bits per heavy atom. The van der Waals surface area contributed by atoms with Crippen molar-refractivity contribution in [3.05, 3.63) is 23.0 Å². The number of hydrogen-bond acceptors (Lipinski definition) is 4. The second kappa shape index (κ2) is 10.0. The molecular formula is C18H25ClFNO3S. The predicted molar refractivity (Wildman–Crippen MR) is 101 cm³/mol. The second-order valence-corrected chi connectivity index (χ2v) is 7.92. The van der Waals surface area contributed by atoms with Gasteiger partial charge < -0.3 is 10.1 Å². The third-order valence-corrected chi connectivity index (χ3v) is 5.22. The van der Waals surface area contributed by atoms with Gasteiger partial charge in [0.25, 0.3) is 0 Å². The number of thioether (sulfide) groups is 1. The van der Waals surface area contributed by atoms with Gasteiger partial charge >= 0.3 is 5.97 Å². The lowest BCUT2D eigenvalue weighted by atomic mass is 10.1. The fourth-order valence-electron chi connectivity index (χ4n) is 2.05. The third kappa shape index (κ3) is 6.86. The number of nitrogens with one attached hydrogen (secondary N) is 1. The number of anilines is 1. The van der Waals surface area contributed by atoms with Crippen LogP contribution in [0, 0.1) is 11.7 Å². The van der Waals surface area contributed by atoms with E-state index in [1.165, 1.54) is 17.8 Å². The van der Waals surface area contributed by atoms with Crippen LogP contribution in [0.1, 0.15) is 47.5 Å². The van der Waals surface area contributed by atoms with E-state index in [9.17, 15) is 14.0 Å². The smallest absolute Gasteiger partial charge is 0.319 e. The molecule has 0 aromatic heterocycles. The summed E-state index contributed by atoms with van der Waals surface area (Å²) in [6.45, 7) is 9.24. The molecule has 1 amide bonds. The van der Waals surface area contributed by atoms with Crippen molar-refractivity contribution < 1.29 is 18.7 Å². The standard InChI is InChI=1S/C18H25ClFNO3S/c1-6-7-16(22)21-14-9-15(12(19)8-13(14)20)25-17(10(2)3)18(23)24-11(4)5/h8-11,17H,6-7H2,1-5H3,(H,21,22). The van der Waals surface area contributed by atoms with Gasteiger partial charge in [0, 0.05) is 11.3 Å². The lowest BCUT2D eigenvalue weighted by Crippen LogP contribution is -2.27. The first-order valence-corrected chi connectivity index (χ1v) is 9.57. The van der Waals surface area contributed by atoms with E-state index in [1.54, 1.807) is 13.8 Å². The molecule has 0 heterocycles. The molecular weight excluding hydrogens is 365 g/mol. The molecule has 140 valence electrons. The Bertz CT molecular complexity index is 623. The Balaban J connectivity index is 3.05. The number of carbonyl (C=O) groups is 2. The second-order valence-electron chi connectivity index (χ2n) is 6.33. The summed E-state index contributed by atoms with van der Waals surface area (Å²) in [7, 11) is 0. The summed E-state index contributed by atoms with van der Waals surface area (Å²) >= 11 is 7.35. The Hall–Kier alpha value is -1.27. The number of rotatable bonds is 8. The Morgan fingerprint density at radius 3 is 2.44 bits per heavy atom. The first-order valence-electron chi connectivity index (χ1n) is 8.31. The minimum absolute atomic E-state index is 0.00416. The molecule has 1 rings (SSSR count). The molecule has 0 radical (unpaired) electrons. The molecule has 4 nitrogen and oxygen atoms in total. The van der Waals surface area contributed by atoms with E-state index in [-0.39, 0.29) is 34.6 Å². The molecule has 0 fully saturated rings. The fraction of sp³-hybridized carbons (Fsp3) is 0.556. The van der Waals surface area contributed by atoms with Gasteiger partial charge in [-0.2, -0.15) is 0 Å². The van der Waals surface area contributed by atoms with Crippen LogP contribution in [-0.2, 0) is 14.3 Å². The number of hydrogen-bond donors (Lipinski definition) is 1. The molecule has 0 spiro atoms. The van der Waals surface area contributed by atoms with Crippen LogP contribution < -0.4 is 5.32 Å². The summed E-state index contributed by atoms with van der Waals surface area (Å²) in [6, 6.07) is 2.62. The molecule has 1 unspecified atom stereocenters. The topological polar surface area (TPSA) is 55.4 Å². The predicted octanol–water partition coefficient (Wildman–Crippen LogP) is 5.29. The fourth-order valence-corrected chi connectivity index (χ4v) is 3.39. The van der Waals surface area contributed by atoms with Crippen LogP contribution in [0.2, 0.25) is 5.02 Å². The van der Waals surface area contributed by atoms with Gasteiger partial charge in [-0.3, -0.25) is 9.59 Å². The van der Waals surface area contributed by atoms with E-state index >= 15 is 0 Å². The average molecular weight is 390 g/mol. The van der Waals surface area contributed by atoms with Gasteiger partial charge in [-0.25, -0.2) is 4.39 Å². The first kappa shape index (κ1) is 21.8. The maximum atomic E-state index is 14.1. The highest BCUT2D eigenvalue weighted by Gasteiger charge is 2.27. The molecule has 0 aliphatic rings. The van der Waals surface area contributed by atoms with Crippen molar-refractivity contribution in [2.24, 2.45) is 5.92 Å². The number of esters is 1. The number of carbonyl (C=O) groups excluding carboxylic acids is 2. The lowest BCUT2D eigenvalue weighted by molar-refractivity contribution is -0.147. The highest BCUT2D eigenvalue weighted by molar-refractivity contribution is 8.00. The van der Waals surface area contributed by atoms with E-state index in [4.69, 9.17) is 16.3 Å². The number of halogens is 2. The molecule has 0 bridgehead atoms. The van der Waals surface area contributed by atoms with E-state index in [1.807, 2.05) is 20.8 Å². The van der Waals surface area contributed by atoms with Gasteiger partial charge in [0.2, 0.25) is 5.91 Å². The largest absolute Gasteiger partial charge is 0.462 e. The monoisotopic (exact) mass is 389 g/mol. The summed E-state index contributed by atoms with van der Waals surface area (Å²) in [4.78, 5) is 24.5. The van der Waals surface area contributed by atoms with Crippen LogP contribution in [0.3, 0.4) is 0 Å². The van der Waals surface area contributed by atoms with E-state index in [2.05, 4.69) is 5.32 Å². The zero-order chi connectivity index (χ0) is 19.1. The number of benzene rings is 1. The van der Waals surface area contributed by atoms with Gasteiger partial charge in [0.1, 0.15) is 11.1 Å². The van der Waals surface area contributed by atoms with Crippen molar-refractivity contribution in [3.8, 4) is 0 Å². The Kier molecular flexibility index (Phi) is 8.73. The zero-order valence-corrected chi connectivity index (χ0v) is 16.8. The minimum Gasteiger partial charge on any atom is -0.462 e. The molecule has 1 aromatic carbocycles. The molecule has 1 N–H and O–H groups in total. The van der Waals surface area contributed by atoms with Crippen LogP contribution in [0.4, 0.5) is 10.1 Å². The summed E-state index contributed by atoms with van der Waals surface area (Å²) in [5, 5.41) is 2.25. The molecule has 7 heteroatoms. The van der Waals surface area contributed by atoms with Gasteiger partial charge in [-0.05, 0) is 38.3 Å². The Labute approximate surface area is 157 Å². The van der Waals surface area contributed by atoms with Crippen LogP contribution >= 0.6 is 23.4 Å². The number of ether oxygens (including phenoxy) is 1. The molecule has 0 saturated heterocycles. The van der Waals surface area contributed by atoms with Crippen molar-refractivity contribution in [1.82, 2.24) is 0 Å². The van der Waals surface area contributed by atoms with E-state index in [0.717, 1.165) is 6.07 Å². The normalized spacial score (nSPS) is 12.4. The molecule has 0 aliphatic carbocycles. The molecule has 1 aromatic rings. The number of amides is 1. The highest BCUT2D eigenvalue weighted by atomic mass is 35.5. The maximum absolute atomic E-state index is 14.1. The summed E-state index contributed by atoms with van der Waals surface area (Å²) in [5.74, 6) is -1.22. The molecule has 25 heavy (non-hydrogen) atoms. The molecule has 1 atom stereocenters. The average Bonchev–Trinajstić information content (AvgIpc) is 2.47. The molecule has 0 aliphatic heterocycles. The Morgan fingerprint density at radius 2 is 1.92 bits per heavy atom. The first-order chi connectivity index (χ1) is 11.6. The van der Waals surface area contributed by atoms with Gasteiger partial charge in [-0.1, -0.05) is 32.4 Å². The van der Waals surface area contributed by atoms with Crippen LogP contribution in [0.25, 0.3) is 0 Å². The maximum Gasteiger partial charge on any atom is 0.319 e. The molecule has 0 saturated carbocycles. The van der Waals surface area contributed by atoms with Crippen LogP contribution in [0.15, 0.2) is 17.0 Å². The van der Waals surface area contributed by atoms with Crippen molar-refractivity contribution in [2.75, 3.05) is 5.32 Å². The van der Waals surface area contributed by atoms with Crippen molar-refractivity contribution in [3.63, 3.8) is 0 Å². The summed E-state index contributed by atoms with van der Waals surface area (Å²) in [5.41, 5.74) is 0.0603. The van der Waals surface area contributed by atoms with Gasteiger partial charge in [-0.15, -0.1) is 11.8 Å². The van der Waals surface area contributed by atoms with Crippen LogP contribution in [-0.4, -0.2) is 23.2 Å². The van der Waals surface area contributed by atoms with Crippen molar-refractivity contribution in [2.45, 2.75) is 63.7 Å². The van der Waals surface area contributed by atoms with Crippen LogP contribution in [0.5, 0.6) is 0 Å². The minimum atomic E-state index is -0.607. The van der Waals surface area contributed by atoms with Crippen molar-refractivity contribution in [1.29, 1.82) is 0 Å². The summed E-state index contributed by atoms with van der Waals surface area (Å²) in [6.07, 6.45) is 0.751. The van der Waals surface area contributed by atoms with E-state index in [0.29, 0.717) is 17.7 Å². The van der Waals surface area contributed by atoms with Gasteiger partial charge in [0.05, 0.1) is 16.8 Å². The quantitative estimate of drug-likeness (QED) is 0.485. The SMILES string of the molecule is CCCC(=O)Nc1cc(SC(C(=O)OC(C)C)C(C)C)c(Cl)cc1F. The third-order valence-electron chi connectivity index (χ3n) is 3.22. The van der Waals surface area contributed by atoms with Gasteiger partial charge in [0.15, 0.2) is 0 Å². The van der Waals surface area contributed by atoms with Crippen molar-refractivity contribution >= 4 is 40.9 Å². The van der Waals surface area contributed by atoms with E-state index < -0.39 is 11.1 Å². The zero-order valence-electron chi connectivity index (χ0n) is 15.2. The summed E-state index contributed by atoms with van der Waals surface area (Å²) < 4.78 is 19.3. The lowest BCUT2D eigenvalue weighted by Gasteiger charge is -2.21.